The smallest absolute Gasteiger partial charge is 0.0300 e. The summed E-state index contributed by atoms with van der Waals surface area (Å²) >= 11 is 0. The van der Waals surface area contributed by atoms with Gasteiger partial charge in [-0.2, -0.15) is 0 Å². The number of hydrogen-bond acceptors (Lipinski definition) is 2. The maximum atomic E-state index is 2.40. The largest absolute Gasteiger partial charge is 0.375 e. The van der Waals surface area contributed by atoms with Crippen molar-refractivity contribution in [3.05, 3.63) is 23.9 Å². The van der Waals surface area contributed by atoms with E-state index in [0.717, 1.165) is 13.1 Å². The molecule has 0 aromatic carbocycles. The van der Waals surface area contributed by atoms with Crippen LogP contribution in [0.3, 0.4) is 0 Å². The van der Waals surface area contributed by atoms with Crippen LogP contribution < -0.4 is 0 Å². The number of nitrogens with zero attached hydrogens (tertiary/aromatic N) is 2. The summed E-state index contributed by atoms with van der Waals surface area (Å²) in [5, 5.41) is 0. The minimum absolute atomic E-state index is 1.16. The predicted octanol–water partition coefficient (Wildman–Crippen LogP) is 1.71. The molecule has 0 N–H and O–H groups in total. The van der Waals surface area contributed by atoms with Crippen molar-refractivity contribution in [2.45, 2.75) is 13.8 Å². The number of hydrogen-bond donors (Lipinski definition) is 0. The molecular formula is C11H20N2. The highest BCUT2D eigenvalue weighted by atomic mass is 15.2. The Morgan fingerprint density at radius 2 is 1.77 bits per heavy atom. The average molecular weight is 180 g/mol. The molecule has 0 aromatic heterocycles. The van der Waals surface area contributed by atoms with E-state index in [1.165, 1.54) is 18.7 Å². The first-order valence-electron chi connectivity index (χ1n) is 4.96. The monoisotopic (exact) mass is 180 g/mol. The van der Waals surface area contributed by atoms with Crippen LogP contribution >= 0.6 is 0 Å². The molecule has 0 atom stereocenters. The van der Waals surface area contributed by atoms with E-state index in [4.69, 9.17) is 0 Å². The summed E-state index contributed by atoms with van der Waals surface area (Å²) in [6.07, 6.45) is 6.49. The summed E-state index contributed by atoms with van der Waals surface area (Å²) in [5.41, 5.74) is 1.34. The first kappa shape index (κ1) is 10.3. The Balaban J connectivity index is 2.41. The lowest BCUT2D eigenvalue weighted by atomic mass is 10.2. The van der Waals surface area contributed by atoms with E-state index >= 15 is 0 Å². The van der Waals surface area contributed by atoms with Crippen LogP contribution in [-0.2, 0) is 0 Å². The highest BCUT2D eigenvalue weighted by molar-refractivity contribution is 5.14. The molecule has 0 aliphatic carbocycles. The molecule has 2 nitrogen and oxygen atoms in total. The molecular weight excluding hydrogens is 160 g/mol. The molecule has 0 spiro atoms. The maximum Gasteiger partial charge on any atom is 0.0300 e. The zero-order valence-corrected chi connectivity index (χ0v) is 8.95. The lowest BCUT2D eigenvalue weighted by Crippen LogP contribution is -2.41. The second-order valence-corrected chi connectivity index (χ2v) is 3.71. The molecule has 1 heterocycles. The molecule has 1 rings (SSSR count). The molecule has 1 aliphatic heterocycles. The molecule has 1 aliphatic rings. The number of rotatable bonds is 2. The van der Waals surface area contributed by atoms with Crippen LogP contribution in [0.5, 0.6) is 0 Å². The zero-order chi connectivity index (χ0) is 9.68. The standard InChI is InChI=1S/C11H20N2/c1-4-5-11(2)10-13-8-6-12(3)7-9-13/h4-5,10H,6-9H2,1-3H3. The van der Waals surface area contributed by atoms with Gasteiger partial charge in [0.15, 0.2) is 0 Å². The summed E-state index contributed by atoms with van der Waals surface area (Å²) in [6, 6.07) is 0. The van der Waals surface area contributed by atoms with Gasteiger partial charge >= 0.3 is 0 Å². The Kier molecular flexibility index (Phi) is 4.03. The van der Waals surface area contributed by atoms with E-state index in [1.807, 2.05) is 0 Å². The maximum absolute atomic E-state index is 2.40. The highest BCUT2D eigenvalue weighted by Gasteiger charge is 2.09. The molecule has 0 radical (unpaired) electrons. The third-order valence-corrected chi connectivity index (χ3v) is 2.35. The van der Waals surface area contributed by atoms with Crippen LogP contribution in [0.2, 0.25) is 0 Å². The third-order valence-electron chi connectivity index (χ3n) is 2.35. The van der Waals surface area contributed by atoms with Gasteiger partial charge in [-0.3, -0.25) is 0 Å². The lowest BCUT2D eigenvalue weighted by Gasteiger charge is -2.31. The van der Waals surface area contributed by atoms with Crippen molar-refractivity contribution in [2.24, 2.45) is 0 Å². The summed E-state index contributed by atoms with van der Waals surface area (Å²) in [7, 11) is 2.18. The number of allylic oxidation sites excluding steroid dienone is 3. The molecule has 0 aromatic rings. The molecule has 1 fully saturated rings. The fraction of sp³-hybridized carbons (Fsp3) is 0.636. The Hall–Kier alpha value is -0.760. The third kappa shape index (κ3) is 3.64. The van der Waals surface area contributed by atoms with Crippen LogP contribution in [0.15, 0.2) is 23.9 Å². The summed E-state index contributed by atoms with van der Waals surface area (Å²) < 4.78 is 0. The van der Waals surface area contributed by atoms with Crippen LogP contribution in [0, 0.1) is 0 Å². The van der Waals surface area contributed by atoms with E-state index in [1.54, 1.807) is 0 Å². The Labute approximate surface area is 81.5 Å². The van der Waals surface area contributed by atoms with Crippen molar-refractivity contribution in [2.75, 3.05) is 33.2 Å². The van der Waals surface area contributed by atoms with Crippen molar-refractivity contribution in [1.82, 2.24) is 9.80 Å². The Bertz CT molecular complexity index is 198. The minimum Gasteiger partial charge on any atom is -0.375 e. The molecule has 0 saturated carbocycles. The first-order chi connectivity index (χ1) is 6.22. The molecule has 13 heavy (non-hydrogen) atoms. The van der Waals surface area contributed by atoms with Gasteiger partial charge in [-0.25, -0.2) is 0 Å². The molecule has 74 valence electrons. The fourth-order valence-corrected chi connectivity index (χ4v) is 1.54. The van der Waals surface area contributed by atoms with Crippen LogP contribution in [0.25, 0.3) is 0 Å². The Morgan fingerprint density at radius 3 is 2.31 bits per heavy atom. The SMILES string of the molecule is CC=CC(C)=CN1CCN(C)CC1. The van der Waals surface area contributed by atoms with Crippen LogP contribution in [-0.4, -0.2) is 43.0 Å². The van der Waals surface area contributed by atoms with Crippen molar-refractivity contribution in [1.29, 1.82) is 0 Å². The van der Waals surface area contributed by atoms with Gasteiger partial charge in [-0.15, -0.1) is 0 Å². The van der Waals surface area contributed by atoms with Gasteiger partial charge < -0.3 is 9.80 Å². The van der Waals surface area contributed by atoms with Gasteiger partial charge in [0.05, 0.1) is 0 Å². The summed E-state index contributed by atoms with van der Waals surface area (Å²) in [5.74, 6) is 0. The van der Waals surface area contributed by atoms with Crippen molar-refractivity contribution in [3.63, 3.8) is 0 Å². The predicted molar refractivity (Wildman–Crippen MR) is 57.6 cm³/mol. The zero-order valence-electron chi connectivity index (χ0n) is 8.95. The van der Waals surface area contributed by atoms with Crippen molar-refractivity contribution < 1.29 is 0 Å². The number of likely N-dealkylation sites (N-methyl/N-ethyl adjacent to an activating group) is 1. The average Bonchev–Trinajstić information content (AvgIpc) is 2.09. The molecule has 0 unspecified atom stereocenters. The van der Waals surface area contributed by atoms with E-state index in [2.05, 4.69) is 49.0 Å². The minimum atomic E-state index is 1.16. The van der Waals surface area contributed by atoms with Crippen LogP contribution in [0.1, 0.15) is 13.8 Å². The van der Waals surface area contributed by atoms with Crippen LogP contribution in [0.4, 0.5) is 0 Å². The molecule has 0 amide bonds. The van der Waals surface area contributed by atoms with E-state index in [9.17, 15) is 0 Å². The quantitative estimate of drug-likeness (QED) is 0.597. The summed E-state index contributed by atoms with van der Waals surface area (Å²) in [4.78, 5) is 4.77. The highest BCUT2D eigenvalue weighted by Crippen LogP contribution is 2.03. The molecule has 0 bridgehead atoms. The second-order valence-electron chi connectivity index (χ2n) is 3.71. The Morgan fingerprint density at radius 1 is 1.15 bits per heavy atom. The van der Waals surface area contributed by atoms with E-state index in [-0.39, 0.29) is 0 Å². The van der Waals surface area contributed by atoms with Crippen molar-refractivity contribution >= 4 is 0 Å². The number of piperazine rings is 1. The lowest BCUT2D eigenvalue weighted by molar-refractivity contribution is 0.198. The van der Waals surface area contributed by atoms with Gasteiger partial charge in [-0.1, -0.05) is 12.2 Å². The van der Waals surface area contributed by atoms with E-state index in [0.29, 0.717) is 0 Å². The first-order valence-corrected chi connectivity index (χ1v) is 4.96. The van der Waals surface area contributed by atoms with Crippen molar-refractivity contribution in [3.8, 4) is 0 Å². The van der Waals surface area contributed by atoms with Gasteiger partial charge in [0, 0.05) is 32.4 Å². The molecule has 2 heteroatoms. The van der Waals surface area contributed by atoms with E-state index < -0.39 is 0 Å². The van der Waals surface area contributed by atoms with Gasteiger partial charge in [0.1, 0.15) is 0 Å². The topological polar surface area (TPSA) is 6.48 Å². The van der Waals surface area contributed by atoms with Gasteiger partial charge in [0.25, 0.3) is 0 Å². The van der Waals surface area contributed by atoms with Gasteiger partial charge in [-0.05, 0) is 26.5 Å². The summed E-state index contributed by atoms with van der Waals surface area (Å²) in [6.45, 7) is 8.88. The normalized spacial score (nSPS) is 21.5. The molecule has 1 saturated heterocycles. The second kappa shape index (κ2) is 5.07. The fourth-order valence-electron chi connectivity index (χ4n) is 1.54. The van der Waals surface area contributed by atoms with Gasteiger partial charge in [0.2, 0.25) is 0 Å².